The standard InChI is InChI=1S/C14H15FN2O2S/c1-7-3-6-11(20-7)8(2)17-10-5-4-9(15)13(16)12(10)14(18)19/h3-6,8,17H,16H2,1-2H3,(H,18,19). The molecule has 0 aliphatic rings. The van der Waals surface area contributed by atoms with Gasteiger partial charge in [0.1, 0.15) is 11.4 Å². The summed E-state index contributed by atoms with van der Waals surface area (Å²) in [7, 11) is 0. The third-order valence-electron chi connectivity index (χ3n) is 2.97. The number of aromatic carboxylic acids is 1. The van der Waals surface area contributed by atoms with Crippen molar-refractivity contribution >= 4 is 28.7 Å². The molecule has 0 bridgehead atoms. The highest BCUT2D eigenvalue weighted by Gasteiger charge is 2.19. The third kappa shape index (κ3) is 2.75. The number of thiophene rings is 1. The summed E-state index contributed by atoms with van der Waals surface area (Å²) in [4.78, 5) is 13.5. The van der Waals surface area contributed by atoms with Crippen molar-refractivity contribution in [1.82, 2.24) is 0 Å². The van der Waals surface area contributed by atoms with Crippen LogP contribution in [0.1, 0.15) is 33.1 Å². The van der Waals surface area contributed by atoms with Gasteiger partial charge in [-0.25, -0.2) is 9.18 Å². The molecule has 1 aromatic heterocycles. The summed E-state index contributed by atoms with van der Waals surface area (Å²) in [6.07, 6.45) is 0. The molecule has 106 valence electrons. The Labute approximate surface area is 120 Å². The number of carbonyl (C=O) groups is 1. The lowest BCUT2D eigenvalue weighted by Gasteiger charge is -2.17. The Balaban J connectivity index is 2.34. The molecule has 0 spiro atoms. The molecule has 4 nitrogen and oxygen atoms in total. The summed E-state index contributed by atoms with van der Waals surface area (Å²) in [5.74, 6) is -1.98. The van der Waals surface area contributed by atoms with Gasteiger partial charge in [-0.2, -0.15) is 0 Å². The van der Waals surface area contributed by atoms with Crippen molar-refractivity contribution in [3.05, 3.63) is 45.4 Å². The highest BCUT2D eigenvalue weighted by atomic mass is 32.1. The average Bonchev–Trinajstić information content (AvgIpc) is 2.80. The molecule has 20 heavy (non-hydrogen) atoms. The van der Waals surface area contributed by atoms with Gasteiger partial charge < -0.3 is 16.2 Å². The van der Waals surface area contributed by atoms with E-state index in [1.54, 1.807) is 11.3 Å². The van der Waals surface area contributed by atoms with Crippen LogP contribution in [0.25, 0.3) is 0 Å². The minimum Gasteiger partial charge on any atom is -0.478 e. The van der Waals surface area contributed by atoms with E-state index in [1.807, 2.05) is 26.0 Å². The zero-order valence-corrected chi connectivity index (χ0v) is 11.9. The van der Waals surface area contributed by atoms with E-state index in [4.69, 9.17) is 5.73 Å². The first-order valence-corrected chi connectivity index (χ1v) is 6.86. The Kier molecular flexibility index (Phi) is 3.94. The predicted molar refractivity (Wildman–Crippen MR) is 78.9 cm³/mol. The number of carboxylic acid groups (broad SMARTS) is 1. The molecule has 0 aliphatic carbocycles. The number of hydrogen-bond donors (Lipinski definition) is 3. The summed E-state index contributed by atoms with van der Waals surface area (Å²) in [6, 6.07) is 6.44. The minimum atomic E-state index is -1.25. The van der Waals surface area contributed by atoms with E-state index in [9.17, 15) is 14.3 Å². The molecule has 0 saturated heterocycles. The molecule has 0 saturated carbocycles. The Morgan fingerprint density at radius 2 is 2.10 bits per heavy atom. The normalized spacial score (nSPS) is 12.2. The maximum atomic E-state index is 13.4. The molecule has 1 aromatic carbocycles. The molecule has 0 amide bonds. The number of rotatable bonds is 4. The molecule has 4 N–H and O–H groups in total. The first-order chi connectivity index (χ1) is 9.40. The Bertz CT molecular complexity index is 655. The van der Waals surface area contributed by atoms with E-state index < -0.39 is 11.8 Å². The number of nitrogens with one attached hydrogen (secondary N) is 1. The van der Waals surface area contributed by atoms with Crippen LogP contribution in [0.15, 0.2) is 24.3 Å². The van der Waals surface area contributed by atoms with Crippen LogP contribution < -0.4 is 11.1 Å². The fourth-order valence-electron chi connectivity index (χ4n) is 1.94. The lowest BCUT2D eigenvalue weighted by molar-refractivity contribution is 0.0698. The molecular formula is C14H15FN2O2S. The highest BCUT2D eigenvalue weighted by molar-refractivity contribution is 7.12. The SMILES string of the molecule is Cc1ccc(C(C)Nc2ccc(F)c(N)c2C(=O)O)s1. The molecular weight excluding hydrogens is 279 g/mol. The van der Waals surface area contributed by atoms with Crippen LogP contribution in [0.5, 0.6) is 0 Å². The second-order valence-corrected chi connectivity index (χ2v) is 5.82. The summed E-state index contributed by atoms with van der Waals surface area (Å²) < 4.78 is 13.4. The van der Waals surface area contributed by atoms with Gasteiger partial charge in [0, 0.05) is 9.75 Å². The molecule has 0 radical (unpaired) electrons. The van der Waals surface area contributed by atoms with E-state index in [1.165, 1.54) is 10.9 Å². The second-order valence-electron chi connectivity index (χ2n) is 4.50. The third-order valence-corrected chi connectivity index (χ3v) is 4.15. The maximum Gasteiger partial charge on any atom is 0.340 e. The summed E-state index contributed by atoms with van der Waals surface area (Å²) in [5.41, 5.74) is 5.24. The van der Waals surface area contributed by atoms with Crippen molar-refractivity contribution < 1.29 is 14.3 Å². The molecule has 2 aromatic rings. The van der Waals surface area contributed by atoms with Crippen LogP contribution in [0.2, 0.25) is 0 Å². The van der Waals surface area contributed by atoms with Crippen LogP contribution in [-0.2, 0) is 0 Å². The van der Waals surface area contributed by atoms with Gasteiger partial charge in [-0.05, 0) is 38.1 Å². The van der Waals surface area contributed by atoms with Crippen molar-refractivity contribution in [2.45, 2.75) is 19.9 Å². The van der Waals surface area contributed by atoms with Crippen molar-refractivity contribution in [2.24, 2.45) is 0 Å². The fourth-order valence-corrected chi connectivity index (χ4v) is 2.81. The van der Waals surface area contributed by atoms with E-state index in [0.29, 0.717) is 5.69 Å². The van der Waals surface area contributed by atoms with E-state index in [2.05, 4.69) is 5.32 Å². The number of aryl methyl sites for hydroxylation is 1. The van der Waals surface area contributed by atoms with Gasteiger partial charge in [-0.15, -0.1) is 11.3 Å². The lowest BCUT2D eigenvalue weighted by Crippen LogP contribution is -2.12. The topological polar surface area (TPSA) is 75.3 Å². The average molecular weight is 294 g/mol. The minimum absolute atomic E-state index is 0.0864. The number of nitrogens with two attached hydrogens (primary N) is 1. The van der Waals surface area contributed by atoms with E-state index in [0.717, 1.165) is 10.9 Å². The van der Waals surface area contributed by atoms with Crippen LogP contribution in [-0.4, -0.2) is 11.1 Å². The van der Waals surface area contributed by atoms with Gasteiger partial charge in [0.2, 0.25) is 0 Å². The smallest absolute Gasteiger partial charge is 0.340 e. The first-order valence-electron chi connectivity index (χ1n) is 6.04. The number of hydrogen-bond acceptors (Lipinski definition) is 4. The van der Waals surface area contributed by atoms with Gasteiger partial charge in [-0.1, -0.05) is 0 Å². The molecule has 6 heteroatoms. The summed E-state index contributed by atoms with van der Waals surface area (Å²) in [6.45, 7) is 3.91. The maximum absolute atomic E-state index is 13.4. The Morgan fingerprint density at radius 3 is 2.65 bits per heavy atom. The van der Waals surface area contributed by atoms with Gasteiger partial charge in [-0.3, -0.25) is 0 Å². The first kappa shape index (κ1) is 14.3. The number of anilines is 2. The van der Waals surface area contributed by atoms with Gasteiger partial charge in [0.25, 0.3) is 0 Å². The van der Waals surface area contributed by atoms with Gasteiger partial charge >= 0.3 is 5.97 Å². The Hall–Kier alpha value is -2.08. The van der Waals surface area contributed by atoms with Crippen LogP contribution in [0.3, 0.4) is 0 Å². The molecule has 1 atom stereocenters. The zero-order chi connectivity index (χ0) is 14.9. The molecule has 2 rings (SSSR count). The monoisotopic (exact) mass is 294 g/mol. The summed E-state index contributed by atoms with van der Waals surface area (Å²) in [5, 5.41) is 12.2. The Morgan fingerprint density at radius 1 is 1.40 bits per heavy atom. The quantitative estimate of drug-likeness (QED) is 0.752. The zero-order valence-electron chi connectivity index (χ0n) is 11.1. The van der Waals surface area contributed by atoms with Crippen molar-refractivity contribution in [2.75, 3.05) is 11.1 Å². The highest BCUT2D eigenvalue weighted by Crippen LogP contribution is 2.30. The van der Waals surface area contributed by atoms with E-state index >= 15 is 0 Å². The van der Waals surface area contributed by atoms with Crippen LogP contribution in [0, 0.1) is 12.7 Å². The van der Waals surface area contributed by atoms with Crippen molar-refractivity contribution in [1.29, 1.82) is 0 Å². The number of halogens is 1. The number of benzene rings is 1. The van der Waals surface area contributed by atoms with Crippen molar-refractivity contribution in [3.63, 3.8) is 0 Å². The molecule has 1 heterocycles. The molecule has 0 fully saturated rings. The number of nitrogen functional groups attached to an aromatic ring is 1. The van der Waals surface area contributed by atoms with Crippen LogP contribution >= 0.6 is 11.3 Å². The second kappa shape index (κ2) is 5.50. The lowest BCUT2D eigenvalue weighted by atomic mass is 10.1. The molecule has 1 unspecified atom stereocenters. The van der Waals surface area contributed by atoms with E-state index in [-0.39, 0.29) is 17.3 Å². The fraction of sp³-hybridized carbons (Fsp3) is 0.214. The summed E-state index contributed by atoms with van der Waals surface area (Å²) >= 11 is 1.62. The van der Waals surface area contributed by atoms with Crippen molar-refractivity contribution in [3.8, 4) is 0 Å². The predicted octanol–water partition coefficient (Wildman–Crippen LogP) is 3.65. The van der Waals surface area contributed by atoms with Gasteiger partial charge in [0.15, 0.2) is 0 Å². The van der Waals surface area contributed by atoms with Crippen LogP contribution in [0.4, 0.5) is 15.8 Å². The number of carboxylic acids is 1. The van der Waals surface area contributed by atoms with Gasteiger partial charge in [0.05, 0.1) is 17.4 Å². The molecule has 0 aliphatic heterocycles. The largest absolute Gasteiger partial charge is 0.478 e.